The summed E-state index contributed by atoms with van der Waals surface area (Å²) in [7, 11) is 1.42. The maximum atomic E-state index is 11.6. The number of ether oxygens (including phenoxy) is 2. The maximum absolute atomic E-state index is 11.6. The highest BCUT2D eigenvalue weighted by molar-refractivity contribution is 5.69. The van der Waals surface area contributed by atoms with Crippen LogP contribution in [0.5, 0.6) is 0 Å². The second kappa shape index (κ2) is 14.1. The van der Waals surface area contributed by atoms with Crippen LogP contribution in [-0.2, 0) is 19.1 Å². The Kier molecular flexibility index (Phi) is 11.5. The molecule has 1 aromatic rings. The van der Waals surface area contributed by atoms with E-state index in [2.05, 4.69) is 48.1 Å². The van der Waals surface area contributed by atoms with Gasteiger partial charge in [-0.05, 0) is 62.0 Å². The molecule has 178 valence electrons. The average Bonchev–Trinajstić information content (AvgIpc) is 3.15. The summed E-state index contributed by atoms with van der Waals surface area (Å²) in [5.74, 6) is 0.111. The molecule has 0 amide bonds. The fourth-order valence-electron chi connectivity index (χ4n) is 4.68. The minimum atomic E-state index is -0.326. The number of hydrogen-bond acceptors (Lipinski definition) is 5. The fraction of sp³-hybridized carbons (Fsp3) is 0.630. The molecule has 1 aromatic carbocycles. The third-order valence-electron chi connectivity index (χ3n) is 6.41. The van der Waals surface area contributed by atoms with Gasteiger partial charge in [0.2, 0.25) is 0 Å². The van der Waals surface area contributed by atoms with Crippen LogP contribution in [0.2, 0.25) is 0 Å². The summed E-state index contributed by atoms with van der Waals surface area (Å²) in [6.45, 7) is 3.63. The van der Waals surface area contributed by atoms with Gasteiger partial charge in [0.1, 0.15) is 6.10 Å². The van der Waals surface area contributed by atoms with E-state index in [0.29, 0.717) is 12.3 Å². The number of carbonyl (C=O) groups is 2. The van der Waals surface area contributed by atoms with E-state index in [1.807, 2.05) is 0 Å². The molecule has 1 fully saturated rings. The number of aliphatic hydroxyl groups is 1. The van der Waals surface area contributed by atoms with Crippen molar-refractivity contribution in [1.29, 1.82) is 0 Å². The average molecular weight is 445 g/mol. The molecule has 0 bridgehead atoms. The third kappa shape index (κ3) is 8.42. The summed E-state index contributed by atoms with van der Waals surface area (Å²) in [4.78, 5) is 22.7. The van der Waals surface area contributed by atoms with E-state index < -0.39 is 0 Å². The third-order valence-corrected chi connectivity index (χ3v) is 6.41. The second-order valence-corrected chi connectivity index (χ2v) is 8.87. The minimum absolute atomic E-state index is 0.121. The summed E-state index contributed by atoms with van der Waals surface area (Å²) < 4.78 is 10.2. The van der Waals surface area contributed by atoms with Gasteiger partial charge in [-0.25, -0.2) is 0 Å². The molecule has 1 aliphatic carbocycles. The molecule has 0 aromatic heterocycles. The van der Waals surface area contributed by atoms with Crippen LogP contribution >= 0.6 is 0 Å². The molecular weight excluding hydrogens is 404 g/mol. The van der Waals surface area contributed by atoms with Crippen molar-refractivity contribution in [2.24, 2.45) is 5.92 Å². The molecule has 1 N–H and O–H groups in total. The van der Waals surface area contributed by atoms with Crippen LogP contribution < -0.4 is 0 Å². The van der Waals surface area contributed by atoms with Gasteiger partial charge in [0.05, 0.1) is 13.2 Å². The number of rotatable bonds is 13. The summed E-state index contributed by atoms with van der Waals surface area (Å²) in [5.41, 5.74) is 2.17. The summed E-state index contributed by atoms with van der Waals surface area (Å²) >= 11 is 0. The molecule has 0 saturated heterocycles. The van der Waals surface area contributed by atoms with Gasteiger partial charge < -0.3 is 14.6 Å². The van der Waals surface area contributed by atoms with Gasteiger partial charge in [-0.3, -0.25) is 9.59 Å². The van der Waals surface area contributed by atoms with Crippen molar-refractivity contribution >= 4 is 11.9 Å². The highest BCUT2D eigenvalue weighted by Gasteiger charge is 2.35. The number of benzene rings is 1. The van der Waals surface area contributed by atoms with Crippen LogP contribution in [0.3, 0.4) is 0 Å². The molecule has 2 rings (SSSR count). The largest absolute Gasteiger partial charge is 0.469 e. The first-order chi connectivity index (χ1) is 15.5. The molecule has 1 saturated carbocycles. The van der Waals surface area contributed by atoms with Crippen LogP contribution in [0.4, 0.5) is 0 Å². The first-order valence-electron chi connectivity index (χ1n) is 12.1. The van der Waals surface area contributed by atoms with Crippen LogP contribution in [-0.4, -0.2) is 30.3 Å². The van der Waals surface area contributed by atoms with Crippen molar-refractivity contribution in [3.8, 4) is 0 Å². The number of carbonyl (C=O) groups excluding carboxylic acids is 2. The number of allylic oxidation sites excluding steroid dienone is 2. The van der Waals surface area contributed by atoms with Crippen LogP contribution in [0.1, 0.15) is 101 Å². The Bertz CT molecular complexity index is 724. The van der Waals surface area contributed by atoms with Crippen molar-refractivity contribution in [2.75, 3.05) is 7.11 Å². The predicted octanol–water partition coefficient (Wildman–Crippen LogP) is 6.02. The SMILES string of the molecule is CCCCC[C@@H](OC(C)=O)c1ccc([C@@H]2[C@@H](C/C=C\CCCC(=O)OC)CC[C@@H]2O)cc1. The van der Waals surface area contributed by atoms with Gasteiger partial charge >= 0.3 is 11.9 Å². The fourth-order valence-corrected chi connectivity index (χ4v) is 4.68. The minimum Gasteiger partial charge on any atom is -0.469 e. The molecule has 0 spiro atoms. The predicted molar refractivity (Wildman–Crippen MR) is 126 cm³/mol. The van der Waals surface area contributed by atoms with Gasteiger partial charge in [0, 0.05) is 19.3 Å². The van der Waals surface area contributed by atoms with Crippen LogP contribution in [0.15, 0.2) is 36.4 Å². The molecule has 1 aliphatic rings. The normalized spacial score (nSPS) is 21.6. The Hall–Kier alpha value is -2.14. The Balaban J connectivity index is 1.97. The van der Waals surface area contributed by atoms with Crippen molar-refractivity contribution in [2.45, 2.75) is 96.2 Å². The molecule has 0 aliphatic heterocycles. The van der Waals surface area contributed by atoms with Crippen molar-refractivity contribution in [3.05, 3.63) is 47.5 Å². The van der Waals surface area contributed by atoms with E-state index in [-0.39, 0.29) is 30.1 Å². The summed E-state index contributed by atoms with van der Waals surface area (Å²) in [6.07, 6.45) is 12.8. The zero-order valence-electron chi connectivity index (χ0n) is 19.9. The van der Waals surface area contributed by atoms with Gasteiger partial charge in [0.15, 0.2) is 0 Å². The standard InChI is InChI=1S/C27H40O5/c1-4-5-8-12-25(32-20(2)28)21-14-16-23(17-15-21)27-22(18-19-24(27)29)11-9-6-7-10-13-26(30)31-3/h6,9,14-17,22,24-25,27,29H,4-5,7-8,10-13,18-19H2,1-3H3/b9-6-/t22-,24-,25+,27-/m0/s1. The van der Waals surface area contributed by atoms with E-state index in [4.69, 9.17) is 4.74 Å². The highest BCUT2D eigenvalue weighted by Crippen LogP contribution is 2.42. The molecule has 0 unspecified atom stereocenters. The van der Waals surface area contributed by atoms with E-state index >= 15 is 0 Å². The smallest absolute Gasteiger partial charge is 0.305 e. The quantitative estimate of drug-likeness (QED) is 0.229. The molecule has 0 heterocycles. The topological polar surface area (TPSA) is 72.8 Å². The molecule has 32 heavy (non-hydrogen) atoms. The van der Waals surface area contributed by atoms with Crippen molar-refractivity contribution in [1.82, 2.24) is 0 Å². The number of methoxy groups -OCH3 is 1. The molecule has 4 atom stereocenters. The van der Waals surface area contributed by atoms with E-state index in [0.717, 1.165) is 68.9 Å². The monoisotopic (exact) mass is 444 g/mol. The van der Waals surface area contributed by atoms with Gasteiger partial charge in [-0.2, -0.15) is 0 Å². The van der Waals surface area contributed by atoms with E-state index in [1.54, 1.807) is 0 Å². The Morgan fingerprint density at radius 2 is 1.88 bits per heavy atom. The second-order valence-electron chi connectivity index (χ2n) is 8.87. The number of hydrogen-bond donors (Lipinski definition) is 1. The lowest BCUT2D eigenvalue weighted by molar-refractivity contribution is -0.147. The zero-order chi connectivity index (χ0) is 23.3. The molecule has 0 radical (unpaired) electrons. The molecule has 5 heteroatoms. The van der Waals surface area contributed by atoms with Gasteiger partial charge in [-0.15, -0.1) is 0 Å². The highest BCUT2D eigenvalue weighted by atomic mass is 16.5. The first-order valence-corrected chi connectivity index (χ1v) is 12.1. The Morgan fingerprint density at radius 1 is 1.12 bits per heavy atom. The van der Waals surface area contributed by atoms with E-state index in [1.165, 1.54) is 14.0 Å². The lowest BCUT2D eigenvalue weighted by Gasteiger charge is -2.23. The Morgan fingerprint density at radius 3 is 2.53 bits per heavy atom. The first kappa shape index (κ1) is 26.1. The van der Waals surface area contributed by atoms with E-state index in [9.17, 15) is 14.7 Å². The van der Waals surface area contributed by atoms with Crippen molar-refractivity contribution < 1.29 is 24.2 Å². The zero-order valence-corrected chi connectivity index (χ0v) is 19.9. The van der Waals surface area contributed by atoms with Crippen LogP contribution in [0, 0.1) is 5.92 Å². The van der Waals surface area contributed by atoms with Gasteiger partial charge in [0.25, 0.3) is 0 Å². The Labute approximate surface area is 193 Å². The number of esters is 2. The lowest BCUT2D eigenvalue weighted by Crippen LogP contribution is -2.17. The van der Waals surface area contributed by atoms with Crippen molar-refractivity contribution in [3.63, 3.8) is 0 Å². The number of unbranched alkanes of at least 4 members (excludes halogenated alkanes) is 3. The molecular formula is C27H40O5. The summed E-state index contributed by atoms with van der Waals surface area (Å²) in [5, 5.41) is 10.6. The van der Waals surface area contributed by atoms with Crippen LogP contribution in [0.25, 0.3) is 0 Å². The maximum Gasteiger partial charge on any atom is 0.305 e. The molecule has 5 nitrogen and oxygen atoms in total. The van der Waals surface area contributed by atoms with Gasteiger partial charge in [-0.1, -0.05) is 56.2 Å². The summed E-state index contributed by atoms with van der Waals surface area (Å²) in [6, 6.07) is 8.30. The number of aliphatic hydroxyl groups excluding tert-OH is 1. The lowest BCUT2D eigenvalue weighted by atomic mass is 9.85.